The lowest BCUT2D eigenvalue weighted by Crippen LogP contribution is -2.42. The van der Waals surface area contributed by atoms with E-state index in [2.05, 4.69) is 24.3 Å². The van der Waals surface area contributed by atoms with Crippen molar-refractivity contribution in [1.29, 1.82) is 0 Å². The summed E-state index contributed by atoms with van der Waals surface area (Å²) in [6.45, 7) is 1.90. The van der Waals surface area contributed by atoms with E-state index in [9.17, 15) is 4.79 Å². The van der Waals surface area contributed by atoms with Gasteiger partial charge in [-0.1, -0.05) is 55.0 Å². The molecular weight excluding hydrogens is 326 g/mol. The van der Waals surface area contributed by atoms with Gasteiger partial charge < -0.3 is 15.2 Å². The zero-order chi connectivity index (χ0) is 18.4. The van der Waals surface area contributed by atoms with E-state index in [1.807, 2.05) is 43.3 Å². The molecule has 4 atom stereocenters. The Morgan fingerprint density at radius 2 is 1.69 bits per heavy atom. The van der Waals surface area contributed by atoms with E-state index in [0.717, 1.165) is 25.0 Å². The first-order valence-electron chi connectivity index (χ1n) is 9.35. The number of ether oxygens (including phenoxy) is 2. The van der Waals surface area contributed by atoms with Crippen LogP contribution in [0.1, 0.15) is 31.7 Å². The van der Waals surface area contributed by atoms with E-state index >= 15 is 0 Å². The third-order valence-corrected chi connectivity index (χ3v) is 4.98. The first kappa shape index (κ1) is 18.5. The molecule has 1 aliphatic rings. The van der Waals surface area contributed by atoms with Gasteiger partial charge in [0.05, 0.1) is 0 Å². The van der Waals surface area contributed by atoms with Crippen molar-refractivity contribution in [3.8, 4) is 5.75 Å². The fourth-order valence-electron chi connectivity index (χ4n) is 3.59. The highest BCUT2D eigenvalue weighted by Gasteiger charge is 2.34. The summed E-state index contributed by atoms with van der Waals surface area (Å²) in [6.07, 6.45) is 2.79. The lowest BCUT2D eigenvalue weighted by molar-refractivity contribution is -0.155. The van der Waals surface area contributed by atoms with Crippen LogP contribution < -0.4 is 10.5 Å². The molecule has 26 heavy (non-hydrogen) atoms. The second kappa shape index (κ2) is 8.86. The topological polar surface area (TPSA) is 61.5 Å². The van der Waals surface area contributed by atoms with Gasteiger partial charge in [0.2, 0.25) is 0 Å². The number of hydrogen-bond acceptors (Lipinski definition) is 4. The van der Waals surface area contributed by atoms with Crippen molar-refractivity contribution in [2.24, 2.45) is 11.7 Å². The Balaban J connectivity index is 1.85. The Morgan fingerprint density at radius 1 is 1.04 bits per heavy atom. The van der Waals surface area contributed by atoms with Gasteiger partial charge >= 0.3 is 5.97 Å². The highest BCUT2D eigenvalue weighted by Crippen LogP contribution is 2.28. The fraction of sp³-hybridized carbons (Fsp3) is 0.409. The summed E-state index contributed by atoms with van der Waals surface area (Å²) in [7, 11) is 0. The molecule has 0 aliphatic carbocycles. The molecule has 0 bridgehead atoms. The molecule has 4 heteroatoms. The van der Waals surface area contributed by atoms with Crippen LogP contribution in [0.25, 0.3) is 0 Å². The number of para-hydroxylation sites is 1. The Labute approximate surface area is 155 Å². The van der Waals surface area contributed by atoms with E-state index in [1.54, 1.807) is 0 Å². The van der Waals surface area contributed by atoms with Crippen LogP contribution in [0, 0.1) is 5.92 Å². The van der Waals surface area contributed by atoms with Gasteiger partial charge in [0, 0.05) is 5.92 Å². The van der Waals surface area contributed by atoms with Crippen molar-refractivity contribution in [2.45, 2.75) is 50.9 Å². The normalized spacial score (nSPS) is 26.9. The number of rotatable bonds is 4. The molecule has 2 N–H and O–H groups in total. The van der Waals surface area contributed by atoms with Gasteiger partial charge in [0.1, 0.15) is 24.0 Å². The largest absolute Gasteiger partial charge is 0.486 e. The second-order valence-electron chi connectivity index (χ2n) is 7.02. The lowest BCUT2D eigenvalue weighted by Gasteiger charge is -2.31. The zero-order valence-electron chi connectivity index (χ0n) is 15.2. The number of carbonyl (C=O) groups is 1. The summed E-state index contributed by atoms with van der Waals surface area (Å²) in [5.41, 5.74) is 7.23. The van der Waals surface area contributed by atoms with Crippen molar-refractivity contribution in [1.82, 2.24) is 0 Å². The fourth-order valence-corrected chi connectivity index (χ4v) is 3.59. The second-order valence-corrected chi connectivity index (χ2v) is 7.02. The number of nitrogens with two attached hydrogens (primary N) is 1. The van der Waals surface area contributed by atoms with Gasteiger partial charge in [-0.05, 0) is 43.9 Å². The molecule has 0 saturated carbocycles. The number of esters is 1. The summed E-state index contributed by atoms with van der Waals surface area (Å²) >= 11 is 0. The summed E-state index contributed by atoms with van der Waals surface area (Å²) in [5.74, 6) is 0.701. The Bertz CT molecular complexity index is 689. The third kappa shape index (κ3) is 4.85. The smallest absolute Gasteiger partial charge is 0.323 e. The molecule has 0 aromatic heterocycles. The molecule has 0 unspecified atom stereocenters. The molecule has 4 nitrogen and oxygen atoms in total. The molecular formula is C22H27NO3. The molecule has 1 aliphatic heterocycles. The molecule has 2 aromatic rings. The van der Waals surface area contributed by atoms with Gasteiger partial charge in [-0.2, -0.15) is 0 Å². The quantitative estimate of drug-likeness (QED) is 0.851. The summed E-state index contributed by atoms with van der Waals surface area (Å²) < 4.78 is 12.0. The van der Waals surface area contributed by atoms with Crippen LogP contribution in [0.5, 0.6) is 5.75 Å². The van der Waals surface area contributed by atoms with Gasteiger partial charge in [-0.25, -0.2) is 0 Å². The Morgan fingerprint density at radius 3 is 2.38 bits per heavy atom. The molecule has 1 fully saturated rings. The Kier molecular flexibility index (Phi) is 6.29. The minimum atomic E-state index is -0.551. The number of carbonyl (C=O) groups excluding carboxylic acids is 1. The average molecular weight is 353 g/mol. The van der Waals surface area contributed by atoms with E-state index < -0.39 is 6.04 Å². The Hall–Kier alpha value is -2.33. The number of cyclic esters (lactones) is 1. The van der Waals surface area contributed by atoms with E-state index in [-0.39, 0.29) is 24.1 Å². The van der Waals surface area contributed by atoms with Crippen molar-refractivity contribution < 1.29 is 14.3 Å². The van der Waals surface area contributed by atoms with Crippen LogP contribution in [0.15, 0.2) is 60.7 Å². The maximum absolute atomic E-state index is 12.2. The number of hydrogen-bond donors (Lipinski definition) is 1. The van der Waals surface area contributed by atoms with Crippen LogP contribution in [0.3, 0.4) is 0 Å². The predicted molar refractivity (Wildman–Crippen MR) is 102 cm³/mol. The van der Waals surface area contributed by atoms with E-state index in [4.69, 9.17) is 15.2 Å². The highest BCUT2D eigenvalue weighted by molar-refractivity contribution is 5.75. The minimum absolute atomic E-state index is 0.216. The molecule has 138 valence electrons. The van der Waals surface area contributed by atoms with E-state index in [0.29, 0.717) is 6.42 Å². The predicted octanol–water partition coefficient (Wildman–Crippen LogP) is 3.74. The third-order valence-electron chi connectivity index (χ3n) is 4.98. The molecule has 0 spiro atoms. The van der Waals surface area contributed by atoms with Crippen molar-refractivity contribution >= 4 is 5.97 Å². The summed E-state index contributed by atoms with van der Waals surface area (Å²) in [5, 5.41) is 0. The van der Waals surface area contributed by atoms with Gasteiger partial charge in [0.15, 0.2) is 0 Å². The van der Waals surface area contributed by atoms with E-state index in [1.165, 1.54) is 5.56 Å². The maximum Gasteiger partial charge on any atom is 0.323 e. The van der Waals surface area contributed by atoms with Crippen molar-refractivity contribution in [3.63, 3.8) is 0 Å². The molecule has 1 heterocycles. The van der Waals surface area contributed by atoms with Crippen LogP contribution in [-0.4, -0.2) is 24.2 Å². The highest BCUT2D eigenvalue weighted by atomic mass is 16.6. The minimum Gasteiger partial charge on any atom is -0.486 e. The summed E-state index contributed by atoms with van der Waals surface area (Å²) in [4.78, 5) is 12.2. The molecule has 0 amide bonds. The molecule has 3 rings (SSSR count). The van der Waals surface area contributed by atoms with Crippen LogP contribution in [0.2, 0.25) is 0 Å². The maximum atomic E-state index is 12.2. The van der Waals surface area contributed by atoms with Crippen LogP contribution >= 0.6 is 0 Å². The average Bonchev–Trinajstić information content (AvgIpc) is 2.70. The molecule has 0 radical (unpaired) electrons. The van der Waals surface area contributed by atoms with Gasteiger partial charge in [-0.15, -0.1) is 0 Å². The lowest BCUT2D eigenvalue weighted by atomic mass is 9.87. The first-order valence-corrected chi connectivity index (χ1v) is 9.35. The van der Waals surface area contributed by atoms with Gasteiger partial charge in [0.25, 0.3) is 0 Å². The van der Waals surface area contributed by atoms with Crippen molar-refractivity contribution in [2.75, 3.05) is 0 Å². The first-order chi connectivity index (χ1) is 12.6. The standard InChI is InChI=1S/C22H27NO3/c1-16-21(26-19-12-6-3-7-13-19)18(15-17-9-4-2-5-10-17)11-8-14-20(23)22(24)25-16/h2-7,9-10,12-13,16,18,20-21H,8,11,14-15,23H2,1H3/t16-,18+,20-,21-/m0/s1. The summed E-state index contributed by atoms with van der Waals surface area (Å²) in [6, 6.07) is 19.6. The van der Waals surface area contributed by atoms with Crippen LogP contribution in [0.4, 0.5) is 0 Å². The van der Waals surface area contributed by atoms with Crippen LogP contribution in [-0.2, 0) is 16.0 Å². The van der Waals surface area contributed by atoms with Gasteiger partial charge in [-0.3, -0.25) is 4.79 Å². The van der Waals surface area contributed by atoms with Crippen molar-refractivity contribution in [3.05, 3.63) is 66.2 Å². The number of benzene rings is 2. The molecule has 1 saturated heterocycles. The monoisotopic (exact) mass is 353 g/mol. The zero-order valence-corrected chi connectivity index (χ0v) is 15.2. The molecule has 2 aromatic carbocycles. The SMILES string of the molecule is C[C@@H]1OC(=O)[C@@H](N)CCC[C@H](Cc2ccccc2)[C@H]1Oc1ccccc1.